The maximum atomic E-state index is 11.9. The van der Waals surface area contributed by atoms with Gasteiger partial charge >= 0.3 is 0 Å². The van der Waals surface area contributed by atoms with Crippen LogP contribution in [0.1, 0.15) is 103 Å². The fraction of sp³-hybridized carbons (Fsp3) is 0.808. The summed E-state index contributed by atoms with van der Waals surface area (Å²) in [5.74, 6) is 0.219. The number of amides is 1. The van der Waals surface area contributed by atoms with E-state index < -0.39 is 0 Å². The van der Waals surface area contributed by atoms with Crippen molar-refractivity contribution in [2.24, 2.45) is 0 Å². The molecule has 0 fully saturated rings. The highest BCUT2D eigenvalue weighted by molar-refractivity contribution is 5.75. The quantitative estimate of drug-likeness (QED) is 0.127. The molecule has 0 aromatic rings. The molecule has 0 aliphatic heterocycles. The number of rotatable bonds is 21. The molecule has 0 atom stereocenters. The lowest BCUT2D eigenvalue weighted by atomic mass is 10.1. The molecule has 0 aromatic heterocycles. The largest absolute Gasteiger partial charge is 0.356 e. The zero-order valence-electron chi connectivity index (χ0n) is 20.0. The first kappa shape index (κ1) is 27.9. The fourth-order valence-electron chi connectivity index (χ4n) is 3.62. The van der Waals surface area contributed by atoms with Crippen LogP contribution in [0.4, 0.5) is 0 Å². The van der Waals surface area contributed by atoms with E-state index in [1.807, 2.05) is 6.08 Å². The second kappa shape index (κ2) is 20.2. The SMILES string of the molecule is C=CC[N+](C)(C)CCCNC(=O)CCCCCCCC=CCCCCCCCC. The lowest BCUT2D eigenvalue weighted by molar-refractivity contribution is -0.884. The monoisotopic (exact) mass is 407 g/mol. The van der Waals surface area contributed by atoms with Gasteiger partial charge in [0.1, 0.15) is 0 Å². The van der Waals surface area contributed by atoms with Gasteiger partial charge in [-0.15, -0.1) is 0 Å². The zero-order chi connectivity index (χ0) is 21.6. The van der Waals surface area contributed by atoms with Gasteiger partial charge in [0, 0.05) is 19.4 Å². The Labute approximate surface area is 182 Å². The minimum Gasteiger partial charge on any atom is -0.356 e. The Morgan fingerprint density at radius 3 is 1.97 bits per heavy atom. The Morgan fingerprint density at radius 2 is 1.38 bits per heavy atom. The van der Waals surface area contributed by atoms with E-state index in [0.29, 0.717) is 6.42 Å². The summed E-state index contributed by atoms with van der Waals surface area (Å²) >= 11 is 0. The molecule has 0 bridgehead atoms. The fourth-order valence-corrected chi connectivity index (χ4v) is 3.62. The minimum atomic E-state index is 0.219. The van der Waals surface area contributed by atoms with Gasteiger partial charge in [-0.3, -0.25) is 4.79 Å². The van der Waals surface area contributed by atoms with E-state index >= 15 is 0 Å². The van der Waals surface area contributed by atoms with Crippen molar-refractivity contribution >= 4 is 5.91 Å². The summed E-state index contributed by atoms with van der Waals surface area (Å²) in [5, 5.41) is 3.06. The molecule has 0 rings (SSSR count). The number of nitrogens with one attached hydrogen (secondary N) is 1. The van der Waals surface area contributed by atoms with Crippen molar-refractivity contribution in [3.8, 4) is 0 Å². The van der Waals surface area contributed by atoms with Crippen LogP contribution < -0.4 is 5.32 Å². The second-order valence-corrected chi connectivity index (χ2v) is 9.17. The summed E-state index contributed by atoms with van der Waals surface area (Å²) in [4.78, 5) is 11.9. The highest BCUT2D eigenvalue weighted by atomic mass is 16.1. The smallest absolute Gasteiger partial charge is 0.219 e. The van der Waals surface area contributed by atoms with Crippen molar-refractivity contribution < 1.29 is 9.28 Å². The highest BCUT2D eigenvalue weighted by Gasteiger charge is 2.11. The van der Waals surface area contributed by atoms with Crippen molar-refractivity contribution in [3.63, 3.8) is 0 Å². The minimum absolute atomic E-state index is 0.219. The van der Waals surface area contributed by atoms with Crippen LogP contribution >= 0.6 is 0 Å². The van der Waals surface area contributed by atoms with Gasteiger partial charge < -0.3 is 9.80 Å². The summed E-state index contributed by atoms with van der Waals surface area (Å²) in [6, 6.07) is 0. The summed E-state index contributed by atoms with van der Waals surface area (Å²) in [7, 11) is 4.41. The van der Waals surface area contributed by atoms with Crippen LogP contribution in [-0.4, -0.2) is 44.1 Å². The molecule has 29 heavy (non-hydrogen) atoms. The van der Waals surface area contributed by atoms with Crippen LogP contribution in [-0.2, 0) is 4.79 Å². The van der Waals surface area contributed by atoms with E-state index in [2.05, 4.69) is 45.1 Å². The maximum absolute atomic E-state index is 11.9. The Hall–Kier alpha value is -1.09. The van der Waals surface area contributed by atoms with Crippen LogP contribution in [0.2, 0.25) is 0 Å². The number of nitrogens with zero attached hydrogens (tertiary/aromatic N) is 1. The van der Waals surface area contributed by atoms with E-state index in [1.165, 1.54) is 77.0 Å². The molecule has 0 aliphatic rings. The molecule has 3 heteroatoms. The van der Waals surface area contributed by atoms with Gasteiger partial charge in [0.2, 0.25) is 5.91 Å². The van der Waals surface area contributed by atoms with E-state index in [9.17, 15) is 4.79 Å². The van der Waals surface area contributed by atoms with Gasteiger partial charge in [-0.25, -0.2) is 0 Å². The van der Waals surface area contributed by atoms with Crippen LogP contribution in [0, 0.1) is 0 Å². The lowest BCUT2D eigenvalue weighted by Crippen LogP contribution is -2.41. The first-order valence-electron chi connectivity index (χ1n) is 12.4. The van der Waals surface area contributed by atoms with Gasteiger partial charge in [0.15, 0.2) is 0 Å². The Balaban J connectivity index is 3.34. The van der Waals surface area contributed by atoms with Gasteiger partial charge in [-0.2, -0.15) is 0 Å². The molecule has 0 radical (unpaired) electrons. The highest BCUT2D eigenvalue weighted by Crippen LogP contribution is 2.10. The summed E-state index contributed by atoms with van der Waals surface area (Å²) in [6.07, 6.45) is 25.2. The van der Waals surface area contributed by atoms with Crippen molar-refractivity contribution in [1.82, 2.24) is 5.32 Å². The Kier molecular flexibility index (Phi) is 19.4. The van der Waals surface area contributed by atoms with Gasteiger partial charge in [-0.1, -0.05) is 77.0 Å². The second-order valence-electron chi connectivity index (χ2n) is 9.17. The number of quaternary nitrogens is 1. The molecule has 0 aliphatic carbocycles. The number of unbranched alkanes of at least 4 members (excludes halogenated alkanes) is 11. The summed E-state index contributed by atoms with van der Waals surface area (Å²) in [5.41, 5.74) is 0. The van der Waals surface area contributed by atoms with Crippen molar-refractivity contribution in [2.75, 3.05) is 33.7 Å². The lowest BCUT2D eigenvalue weighted by Gasteiger charge is -2.28. The standard InChI is InChI=1S/C26H50N2O/c1-5-7-8-9-10-11-12-13-14-15-16-17-18-19-20-22-26(29)27-23-21-25-28(3,4)24-6-2/h6,13-14H,2,5,7-12,15-25H2,1,3-4H3/p+1. The third kappa shape index (κ3) is 21.4. The predicted molar refractivity (Wildman–Crippen MR) is 129 cm³/mol. The maximum Gasteiger partial charge on any atom is 0.219 e. The van der Waals surface area contributed by atoms with E-state index in [-0.39, 0.29) is 5.91 Å². The molecule has 0 saturated carbocycles. The Bertz CT molecular complexity index is 415. The number of allylic oxidation sites excluding steroid dienone is 2. The molecule has 170 valence electrons. The molecule has 1 amide bonds. The normalized spacial score (nSPS) is 11.8. The zero-order valence-corrected chi connectivity index (χ0v) is 20.0. The van der Waals surface area contributed by atoms with Crippen LogP contribution in [0.3, 0.4) is 0 Å². The molecule has 0 unspecified atom stereocenters. The molecule has 1 N–H and O–H groups in total. The average Bonchev–Trinajstić information content (AvgIpc) is 2.68. The molecular weight excluding hydrogens is 356 g/mol. The van der Waals surface area contributed by atoms with Gasteiger partial charge in [0.05, 0.1) is 27.2 Å². The van der Waals surface area contributed by atoms with Crippen molar-refractivity contribution in [2.45, 2.75) is 103 Å². The van der Waals surface area contributed by atoms with Gasteiger partial charge in [0.25, 0.3) is 0 Å². The molecule has 3 nitrogen and oxygen atoms in total. The number of hydrogen-bond acceptors (Lipinski definition) is 1. The summed E-state index contributed by atoms with van der Waals surface area (Å²) in [6.45, 7) is 8.91. The number of carbonyl (C=O) groups excluding carboxylic acids is 1. The van der Waals surface area contributed by atoms with E-state index in [0.717, 1.165) is 37.0 Å². The van der Waals surface area contributed by atoms with Crippen LogP contribution in [0.25, 0.3) is 0 Å². The van der Waals surface area contributed by atoms with Crippen LogP contribution in [0.5, 0.6) is 0 Å². The number of likely N-dealkylation sites (N-methyl/N-ethyl adjacent to an activating group) is 1. The first-order valence-corrected chi connectivity index (χ1v) is 12.4. The molecule has 0 spiro atoms. The predicted octanol–water partition coefficient (Wildman–Crippen LogP) is 6.79. The van der Waals surface area contributed by atoms with Crippen molar-refractivity contribution in [1.29, 1.82) is 0 Å². The first-order chi connectivity index (χ1) is 14.0. The molecule has 0 heterocycles. The third-order valence-corrected chi connectivity index (χ3v) is 5.55. The van der Waals surface area contributed by atoms with Gasteiger partial charge in [-0.05, 0) is 38.2 Å². The average molecular weight is 408 g/mol. The molecular formula is C26H51N2O+. The van der Waals surface area contributed by atoms with Crippen molar-refractivity contribution in [3.05, 3.63) is 24.8 Å². The van der Waals surface area contributed by atoms with Crippen LogP contribution in [0.15, 0.2) is 24.8 Å². The van der Waals surface area contributed by atoms with E-state index in [4.69, 9.17) is 0 Å². The number of hydrogen-bond donors (Lipinski definition) is 1. The van der Waals surface area contributed by atoms with E-state index in [1.54, 1.807) is 0 Å². The topological polar surface area (TPSA) is 29.1 Å². The summed E-state index contributed by atoms with van der Waals surface area (Å²) < 4.78 is 0.938. The number of carbonyl (C=O) groups is 1. The third-order valence-electron chi connectivity index (χ3n) is 5.55. The molecule has 0 saturated heterocycles. The Morgan fingerprint density at radius 1 is 0.828 bits per heavy atom. The molecule has 0 aromatic carbocycles.